The van der Waals surface area contributed by atoms with E-state index in [1.807, 2.05) is 0 Å². The summed E-state index contributed by atoms with van der Waals surface area (Å²) in [6.07, 6.45) is 0. The molecule has 0 aliphatic rings. The summed E-state index contributed by atoms with van der Waals surface area (Å²) >= 11 is 0. The minimum atomic E-state index is -0.833. The van der Waals surface area contributed by atoms with Gasteiger partial charge in [-0.2, -0.15) is 0 Å². The van der Waals surface area contributed by atoms with Gasteiger partial charge in [0.15, 0.2) is 0 Å². The van der Waals surface area contributed by atoms with Crippen molar-refractivity contribution < 1.29 is 71.8 Å². The van der Waals surface area contributed by atoms with Gasteiger partial charge >= 0.3 is 35.6 Å². The number of aliphatic carboxylic acids is 2. The third-order valence-corrected chi connectivity index (χ3v) is 0. The number of carbonyl (C=O) groups is 2. The van der Waals surface area contributed by atoms with Gasteiger partial charge in [0.05, 0.1) is 0 Å². The summed E-state index contributed by atoms with van der Waals surface area (Å²) in [5, 5.41) is 14.8. The Morgan fingerprint density at radius 2 is 0.833 bits per heavy atom. The molecule has 0 fully saturated rings. The predicted octanol–water partition coefficient (Wildman–Crippen LogP) is -0.349. The molecular weight excluding hydrogens is 299 g/mol. The Labute approximate surface area is 97.3 Å². The van der Waals surface area contributed by atoms with Gasteiger partial charge in [0.1, 0.15) is 0 Å². The summed E-state index contributed by atoms with van der Waals surface area (Å²) in [6.45, 7) is 2.17. The van der Waals surface area contributed by atoms with E-state index in [-0.39, 0.29) is 52.0 Å². The Kier molecular flexibility index (Phi) is 103. The summed E-state index contributed by atoms with van der Waals surface area (Å²) < 4.78 is 0. The van der Waals surface area contributed by atoms with E-state index in [4.69, 9.17) is 19.8 Å². The van der Waals surface area contributed by atoms with Crippen molar-refractivity contribution in [1.82, 2.24) is 0 Å². The van der Waals surface area contributed by atoms with Gasteiger partial charge in [-0.15, -0.1) is 0 Å². The van der Waals surface area contributed by atoms with Crippen molar-refractivity contribution in [2.24, 2.45) is 0 Å². The fourth-order valence-corrected chi connectivity index (χ4v) is 0. The van der Waals surface area contributed by atoms with Gasteiger partial charge in [-0.3, -0.25) is 9.59 Å². The molecule has 8 heteroatoms. The van der Waals surface area contributed by atoms with E-state index in [0.717, 1.165) is 13.8 Å². The molecule has 0 rings (SSSR count). The zero-order chi connectivity index (χ0) is 7.15. The average Bonchev–Trinajstić information content (AvgIpc) is 1.25. The number of hydrogen-bond donors (Lipinski definition) is 2. The molecule has 0 bridgehead atoms. The first-order valence-corrected chi connectivity index (χ1v) is 1.86. The number of rotatable bonds is 0. The summed E-state index contributed by atoms with van der Waals surface area (Å²) in [5.41, 5.74) is 0. The van der Waals surface area contributed by atoms with Crippen LogP contribution in [0, 0.1) is 35.6 Å². The van der Waals surface area contributed by atoms with Crippen molar-refractivity contribution in [3.63, 3.8) is 0 Å². The Hall–Kier alpha value is 0.0148. The van der Waals surface area contributed by atoms with Crippen LogP contribution in [-0.4, -0.2) is 38.6 Å². The smallest absolute Gasteiger partial charge is 0.870 e. The van der Waals surface area contributed by atoms with Gasteiger partial charge in [-0.25, -0.2) is 0 Å². The van der Waals surface area contributed by atoms with Crippen LogP contribution in [0.25, 0.3) is 0 Å². The molecule has 0 amide bonds. The maximum Gasteiger partial charge on any atom is 3.00 e. The van der Waals surface area contributed by atoms with E-state index in [1.165, 1.54) is 0 Å². The predicted molar refractivity (Wildman–Crippen MR) is 32.4 cm³/mol. The van der Waals surface area contributed by atoms with Crippen LogP contribution < -0.4 is 0 Å². The van der Waals surface area contributed by atoms with Gasteiger partial charge in [0.2, 0.25) is 0 Å². The summed E-state index contributed by atoms with van der Waals surface area (Å²) in [6, 6.07) is 0. The standard InChI is InChI=1S/2C2H4O2.La.3H2O/c2*1-2(3)4;;;;/h2*1H3,(H,3,4);;3*1H2/q;;+3;;;/p-3. The third kappa shape index (κ3) is 3710000. The van der Waals surface area contributed by atoms with Gasteiger partial charge in [-0.05, 0) is 0 Å². The average molecular weight is 310 g/mol. The van der Waals surface area contributed by atoms with Crippen LogP contribution in [0.4, 0.5) is 0 Å². The van der Waals surface area contributed by atoms with Crippen molar-refractivity contribution in [2.75, 3.05) is 0 Å². The quantitative estimate of drug-likeness (QED) is 0.617. The van der Waals surface area contributed by atoms with Crippen LogP contribution >= 0.6 is 0 Å². The first kappa shape index (κ1) is 40.3. The first-order valence-electron chi connectivity index (χ1n) is 1.86. The second kappa shape index (κ2) is 30.5. The van der Waals surface area contributed by atoms with Gasteiger partial charge in [0.25, 0.3) is 11.9 Å². The molecule has 0 heterocycles. The Morgan fingerprint density at radius 3 is 0.833 bits per heavy atom. The third-order valence-electron chi connectivity index (χ3n) is 0. The molecule has 0 atom stereocenters. The maximum absolute atomic E-state index is 9.00. The largest absolute Gasteiger partial charge is 3.00 e. The van der Waals surface area contributed by atoms with Crippen LogP contribution in [-0.2, 0) is 9.59 Å². The van der Waals surface area contributed by atoms with E-state index in [9.17, 15) is 0 Å². The van der Waals surface area contributed by atoms with Crippen molar-refractivity contribution in [3.05, 3.63) is 0 Å². The van der Waals surface area contributed by atoms with Gasteiger partial charge < -0.3 is 26.6 Å². The number of carboxylic acid groups (broad SMARTS) is 2. The molecule has 0 radical (unpaired) electrons. The van der Waals surface area contributed by atoms with Gasteiger partial charge in [-0.1, -0.05) is 0 Å². The molecule has 0 aliphatic carbocycles. The van der Waals surface area contributed by atoms with Crippen LogP contribution in [0.1, 0.15) is 13.8 Å². The Morgan fingerprint density at radius 1 is 0.833 bits per heavy atom. The molecule has 7 nitrogen and oxygen atoms in total. The molecule has 0 aromatic carbocycles. The number of carboxylic acids is 2. The van der Waals surface area contributed by atoms with Crippen molar-refractivity contribution in [2.45, 2.75) is 13.8 Å². The zero-order valence-corrected chi connectivity index (χ0v) is 10.3. The van der Waals surface area contributed by atoms with Crippen molar-refractivity contribution in [3.8, 4) is 0 Å². The molecule has 72 valence electrons. The zero-order valence-electron chi connectivity index (χ0n) is 6.63. The minimum absolute atomic E-state index is 0. The second-order valence-corrected chi connectivity index (χ2v) is 1.04. The van der Waals surface area contributed by atoms with E-state index < -0.39 is 11.9 Å². The molecule has 0 saturated carbocycles. The fourth-order valence-electron chi connectivity index (χ4n) is 0. The molecule has 0 spiro atoms. The van der Waals surface area contributed by atoms with E-state index in [1.54, 1.807) is 0 Å². The van der Waals surface area contributed by atoms with Crippen molar-refractivity contribution in [1.29, 1.82) is 0 Å². The van der Waals surface area contributed by atoms with E-state index >= 15 is 0 Å². The summed E-state index contributed by atoms with van der Waals surface area (Å²) in [4.78, 5) is 18.0. The van der Waals surface area contributed by atoms with Crippen molar-refractivity contribution >= 4 is 11.9 Å². The molecule has 0 unspecified atom stereocenters. The Bertz CT molecular complexity index is 73.4. The van der Waals surface area contributed by atoms with Crippen LogP contribution in [0.15, 0.2) is 0 Å². The number of hydrogen-bond acceptors (Lipinski definition) is 5. The normalized spacial score (nSPS) is 4.17. The van der Waals surface area contributed by atoms with E-state index in [0.29, 0.717) is 0 Å². The van der Waals surface area contributed by atoms with E-state index in [2.05, 4.69) is 0 Å². The van der Waals surface area contributed by atoms with Crippen LogP contribution in [0.3, 0.4) is 0 Å². The molecule has 0 aromatic heterocycles. The summed E-state index contributed by atoms with van der Waals surface area (Å²) in [7, 11) is 0. The van der Waals surface area contributed by atoms with Crippen LogP contribution in [0.5, 0.6) is 0 Å². The molecule has 12 heavy (non-hydrogen) atoms. The molecule has 0 aliphatic heterocycles. The molecular formula is C4H11LaO7. The maximum atomic E-state index is 9.00. The van der Waals surface area contributed by atoms with Crippen LogP contribution in [0.2, 0.25) is 0 Å². The molecule has 0 saturated heterocycles. The van der Waals surface area contributed by atoms with Gasteiger partial charge in [0, 0.05) is 13.8 Å². The summed E-state index contributed by atoms with van der Waals surface area (Å²) in [5.74, 6) is -1.67. The first-order chi connectivity index (χ1) is 3.46. The molecule has 5 N–H and O–H groups in total. The minimum Gasteiger partial charge on any atom is -0.870 e. The fraction of sp³-hybridized carbons (Fsp3) is 0.500. The second-order valence-electron chi connectivity index (χ2n) is 1.04. The topological polar surface area (TPSA) is 165 Å². The Balaban J connectivity index is -0.0000000112. The molecule has 0 aromatic rings. The monoisotopic (exact) mass is 310 g/mol. The SMILES string of the molecule is CC(=O)O.CC(=O)O.[La+3].[OH-].[OH-].[OH-].